The Bertz CT molecular complexity index is 1410. The van der Waals surface area contributed by atoms with Crippen LogP contribution in [0, 0.1) is 10.1 Å². The number of halogens is 3. The fourth-order valence-electron chi connectivity index (χ4n) is 4.95. The lowest BCUT2D eigenvalue weighted by molar-refractivity contribution is -0.385. The van der Waals surface area contributed by atoms with Crippen molar-refractivity contribution in [2.75, 3.05) is 26.9 Å². The number of methoxy groups -OCH3 is 1. The summed E-state index contributed by atoms with van der Waals surface area (Å²) in [6.45, 7) is 3.36. The summed E-state index contributed by atoms with van der Waals surface area (Å²) in [6, 6.07) is 13.9. The molecule has 0 aromatic heterocycles. The summed E-state index contributed by atoms with van der Waals surface area (Å²) in [6.07, 6.45) is -4.26. The number of hydrogen-bond acceptors (Lipinski definition) is 10. The molecule has 3 rings (SSSR count). The Kier molecular flexibility index (Phi) is 12.5. The number of alkyl halides is 3. The van der Waals surface area contributed by atoms with Gasteiger partial charge in [0.2, 0.25) is 0 Å². The highest BCUT2D eigenvalue weighted by Crippen LogP contribution is 2.45. The third kappa shape index (κ3) is 9.28. The van der Waals surface area contributed by atoms with Crippen LogP contribution < -0.4 is 15.4 Å². The standard InChI is InChI=1S/C31H36F3N3O8/c1-4-20(35-17-21(38)18-45-22-12-6-5-7-13-22)11-10-16-44-30(40)25-19(2)36-28(31(32,33)34)27(29(39)43-3)26(25)23-14-8-9-15-24(23)37(41)42/h5-9,12-15,20-21,26,35-36,38H,4,10-11,16-18H2,1-3H3. The number of ether oxygens (including phenoxy) is 3. The minimum Gasteiger partial charge on any atom is -0.491 e. The van der Waals surface area contributed by atoms with Gasteiger partial charge in [0.1, 0.15) is 24.2 Å². The van der Waals surface area contributed by atoms with Crippen molar-refractivity contribution in [1.29, 1.82) is 0 Å². The molecule has 0 spiro atoms. The number of aliphatic hydroxyl groups excluding tert-OH is 1. The van der Waals surface area contributed by atoms with Gasteiger partial charge < -0.3 is 30.0 Å². The van der Waals surface area contributed by atoms with Crippen molar-refractivity contribution >= 4 is 17.6 Å². The van der Waals surface area contributed by atoms with Gasteiger partial charge in [-0.05, 0) is 38.3 Å². The zero-order valence-corrected chi connectivity index (χ0v) is 25.1. The molecule has 14 heteroatoms. The molecule has 1 aliphatic heterocycles. The molecule has 3 atom stereocenters. The molecule has 0 fully saturated rings. The molecule has 0 bridgehead atoms. The van der Waals surface area contributed by atoms with E-state index in [2.05, 4.69) is 15.4 Å². The highest BCUT2D eigenvalue weighted by Gasteiger charge is 2.48. The number of rotatable bonds is 15. The highest BCUT2D eigenvalue weighted by atomic mass is 19.4. The molecule has 2 aromatic carbocycles. The first-order chi connectivity index (χ1) is 21.4. The van der Waals surface area contributed by atoms with Gasteiger partial charge in [-0.2, -0.15) is 13.2 Å². The van der Waals surface area contributed by atoms with E-state index >= 15 is 0 Å². The molecule has 3 N–H and O–H groups in total. The van der Waals surface area contributed by atoms with E-state index < -0.39 is 52.0 Å². The quantitative estimate of drug-likeness (QED) is 0.109. The van der Waals surface area contributed by atoms with Crippen LogP contribution in [-0.4, -0.2) is 67.2 Å². The molecule has 0 saturated heterocycles. The number of hydrogen-bond donors (Lipinski definition) is 3. The van der Waals surface area contributed by atoms with E-state index in [0.29, 0.717) is 25.0 Å². The third-order valence-electron chi connectivity index (χ3n) is 7.17. The number of carbonyl (C=O) groups excluding carboxylic acids is 2. The van der Waals surface area contributed by atoms with Crippen LogP contribution in [-0.2, 0) is 19.1 Å². The Labute approximate surface area is 258 Å². The second-order valence-corrected chi connectivity index (χ2v) is 10.3. The maximum absolute atomic E-state index is 14.1. The van der Waals surface area contributed by atoms with Gasteiger partial charge >= 0.3 is 18.1 Å². The number of nitro groups is 1. The number of allylic oxidation sites excluding steroid dienone is 2. The monoisotopic (exact) mass is 635 g/mol. The first-order valence-electron chi connectivity index (χ1n) is 14.3. The number of para-hydroxylation sites is 2. The Morgan fingerprint density at radius 1 is 1.09 bits per heavy atom. The molecule has 45 heavy (non-hydrogen) atoms. The Morgan fingerprint density at radius 3 is 2.38 bits per heavy atom. The molecule has 0 saturated carbocycles. The summed E-state index contributed by atoms with van der Waals surface area (Å²) in [4.78, 5) is 37.2. The molecule has 0 aliphatic carbocycles. The number of aliphatic hydroxyl groups is 1. The van der Waals surface area contributed by atoms with Crippen LogP contribution in [0.1, 0.15) is 44.6 Å². The first kappa shape index (κ1) is 35.1. The molecule has 1 aliphatic rings. The lowest BCUT2D eigenvalue weighted by Crippen LogP contribution is -2.38. The fourth-order valence-corrected chi connectivity index (χ4v) is 4.95. The van der Waals surface area contributed by atoms with Gasteiger partial charge in [0, 0.05) is 29.9 Å². The van der Waals surface area contributed by atoms with E-state index in [-0.39, 0.29) is 42.6 Å². The van der Waals surface area contributed by atoms with E-state index in [1.54, 1.807) is 12.1 Å². The summed E-state index contributed by atoms with van der Waals surface area (Å²) in [5, 5.41) is 27.4. The summed E-state index contributed by atoms with van der Waals surface area (Å²) >= 11 is 0. The van der Waals surface area contributed by atoms with Gasteiger partial charge in [0.05, 0.1) is 35.7 Å². The van der Waals surface area contributed by atoms with Crippen LogP contribution in [0.2, 0.25) is 0 Å². The molecular formula is C31H36F3N3O8. The number of carbonyl (C=O) groups is 2. The van der Waals surface area contributed by atoms with Crippen molar-refractivity contribution in [3.8, 4) is 5.75 Å². The predicted molar refractivity (Wildman–Crippen MR) is 157 cm³/mol. The van der Waals surface area contributed by atoms with Crippen LogP contribution in [0.15, 0.2) is 77.1 Å². The number of nitrogens with one attached hydrogen (secondary N) is 2. The van der Waals surface area contributed by atoms with Crippen LogP contribution in [0.5, 0.6) is 5.75 Å². The molecule has 3 unspecified atom stereocenters. The average Bonchev–Trinajstić information content (AvgIpc) is 3.02. The molecule has 0 amide bonds. The van der Waals surface area contributed by atoms with Gasteiger partial charge in [-0.15, -0.1) is 0 Å². The molecule has 244 valence electrons. The average molecular weight is 636 g/mol. The predicted octanol–water partition coefficient (Wildman–Crippen LogP) is 4.68. The maximum atomic E-state index is 14.1. The normalized spacial score (nSPS) is 16.5. The SMILES string of the molecule is CCC(CCCOC(=O)C1=C(C)NC(C(F)(F)F)=C(C(=O)OC)C1c1ccccc1[N+](=O)[O-])NCC(O)COc1ccccc1. The molecule has 1 heterocycles. The van der Waals surface area contributed by atoms with Crippen molar-refractivity contribution in [3.05, 3.63) is 92.8 Å². The largest absolute Gasteiger partial charge is 0.491 e. The van der Waals surface area contributed by atoms with Gasteiger partial charge in [-0.25, -0.2) is 9.59 Å². The third-order valence-corrected chi connectivity index (χ3v) is 7.17. The second kappa shape index (κ2) is 16.0. The van der Waals surface area contributed by atoms with Crippen molar-refractivity contribution < 1.29 is 47.0 Å². The van der Waals surface area contributed by atoms with Crippen molar-refractivity contribution in [1.82, 2.24) is 10.6 Å². The van der Waals surface area contributed by atoms with Gasteiger partial charge in [-0.3, -0.25) is 10.1 Å². The van der Waals surface area contributed by atoms with E-state index in [1.807, 2.05) is 25.1 Å². The summed E-state index contributed by atoms with van der Waals surface area (Å²) < 4.78 is 57.9. The lowest BCUT2D eigenvalue weighted by atomic mass is 9.79. The smallest absolute Gasteiger partial charge is 0.431 e. The topological polar surface area (TPSA) is 149 Å². The Balaban J connectivity index is 1.72. The van der Waals surface area contributed by atoms with Crippen molar-refractivity contribution in [2.45, 2.75) is 57.3 Å². The van der Waals surface area contributed by atoms with Crippen LogP contribution in [0.25, 0.3) is 0 Å². The number of esters is 2. The highest BCUT2D eigenvalue weighted by molar-refractivity contribution is 6.00. The summed E-state index contributed by atoms with van der Waals surface area (Å²) in [7, 11) is 0.871. The molecular weight excluding hydrogens is 599 g/mol. The van der Waals surface area contributed by atoms with E-state index in [9.17, 15) is 38.0 Å². The summed E-state index contributed by atoms with van der Waals surface area (Å²) in [5.41, 5.74) is -4.03. The molecule has 2 aromatic rings. The second-order valence-electron chi connectivity index (χ2n) is 10.3. The van der Waals surface area contributed by atoms with Crippen molar-refractivity contribution in [3.63, 3.8) is 0 Å². The minimum atomic E-state index is -5.08. The number of nitrogens with zero attached hydrogens (tertiary/aromatic N) is 1. The van der Waals surface area contributed by atoms with Gasteiger partial charge in [-0.1, -0.05) is 43.3 Å². The first-order valence-corrected chi connectivity index (χ1v) is 14.3. The van der Waals surface area contributed by atoms with E-state index in [0.717, 1.165) is 13.2 Å². The minimum absolute atomic E-state index is 0.0460. The van der Waals surface area contributed by atoms with E-state index in [4.69, 9.17) is 9.47 Å². The fraction of sp³-hybridized carbons (Fsp3) is 0.419. The number of benzene rings is 2. The van der Waals surface area contributed by atoms with E-state index in [1.165, 1.54) is 25.1 Å². The summed E-state index contributed by atoms with van der Waals surface area (Å²) in [5.74, 6) is -3.62. The number of dihydropyridines is 1. The van der Waals surface area contributed by atoms with Gasteiger partial charge in [0.15, 0.2) is 0 Å². The van der Waals surface area contributed by atoms with Crippen LogP contribution in [0.3, 0.4) is 0 Å². The maximum Gasteiger partial charge on any atom is 0.431 e. The molecule has 0 radical (unpaired) electrons. The number of nitro benzene ring substituents is 1. The Morgan fingerprint density at radius 2 is 1.76 bits per heavy atom. The van der Waals surface area contributed by atoms with Gasteiger partial charge in [0.25, 0.3) is 5.69 Å². The van der Waals surface area contributed by atoms with Crippen LogP contribution in [0.4, 0.5) is 18.9 Å². The van der Waals surface area contributed by atoms with Crippen molar-refractivity contribution in [2.24, 2.45) is 0 Å². The molecule has 11 nitrogen and oxygen atoms in total. The zero-order chi connectivity index (χ0) is 33.1. The zero-order valence-electron chi connectivity index (χ0n) is 25.1. The van der Waals surface area contributed by atoms with Crippen LogP contribution >= 0.6 is 0 Å². The lowest BCUT2D eigenvalue weighted by Gasteiger charge is -2.31. The Hall–Kier alpha value is -4.43.